The number of carbonyl (C=O) groups excluding carboxylic acids is 1. The molecule has 0 unspecified atom stereocenters. The van der Waals surface area contributed by atoms with Crippen LogP contribution in [0, 0.1) is 17.1 Å². The summed E-state index contributed by atoms with van der Waals surface area (Å²) in [6.07, 6.45) is -3.99. The minimum absolute atomic E-state index is 0.0901. The van der Waals surface area contributed by atoms with E-state index < -0.39 is 40.5 Å². The Labute approximate surface area is 137 Å². The smallest absolute Gasteiger partial charge is 0.398 e. The lowest BCUT2D eigenvalue weighted by Crippen LogP contribution is -2.26. The number of alkyl halides is 2. The second kappa shape index (κ2) is 5.32. The number of anilines is 1. The van der Waals surface area contributed by atoms with E-state index in [1.807, 2.05) is 0 Å². The zero-order chi connectivity index (χ0) is 17.6. The largest absolute Gasteiger partial charge is 0.586 e. The van der Waals surface area contributed by atoms with Crippen LogP contribution < -0.4 is 15.2 Å². The quantitative estimate of drug-likeness (QED) is 0.659. The Kier molecular flexibility index (Phi) is 3.53. The zero-order valence-corrected chi connectivity index (χ0v) is 12.3. The molecule has 0 aromatic heterocycles. The van der Waals surface area contributed by atoms with Gasteiger partial charge in [-0.25, -0.2) is 4.39 Å². The van der Waals surface area contributed by atoms with Crippen LogP contribution >= 0.6 is 11.6 Å². The van der Waals surface area contributed by atoms with E-state index in [1.165, 1.54) is 0 Å². The Balaban J connectivity index is 2.21. The average Bonchev–Trinajstić information content (AvgIpc) is 2.81. The Morgan fingerprint density at radius 1 is 1.29 bits per heavy atom. The lowest BCUT2D eigenvalue weighted by Gasteiger charge is -2.10. The van der Waals surface area contributed by atoms with Gasteiger partial charge in [0.25, 0.3) is 0 Å². The van der Waals surface area contributed by atoms with Crippen molar-refractivity contribution in [3.05, 3.63) is 51.8 Å². The summed E-state index contributed by atoms with van der Waals surface area (Å²) in [5.41, 5.74) is 4.14. The van der Waals surface area contributed by atoms with E-state index in [9.17, 15) is 23.2 Å². The van der Waals surface area contributed by atoms with Crippen LogP contribution in [0.5, 0.6) is 11.5 Å². The third-order valence-corrected chi connectivity index (χ3v) is 3.57. The number of halogens is 4. The highest BCUT2D eigenvalue weighted by Crippen LogP contribution is 2.46. The van der Waals surface area contributed by atoms with Gasteiger partial charge < -0.3 is 15.2 Å². The Morgan fingerprint density at radius 2 is 2.00 bits per heavy atom. The van der Waals surface area contributed by atoms with Crippen molar-refractivity contribution in [3.8, 4) is 17.6 Å². The summed E-state index contributed by atoms with van der Waals surface area (Å²) < 4.78 is 48.3. The zero-order valence-electron chi connectivity index (χ0n) is 11.6. The number of ketones is 1. The first-order valence-corrected chi connectivity index (χ1v) is 6.73. The Hall–Kier alpha value is -2.92. The van der Waals surface area contributed by atoms with Crippen molar-refractivity contribution in [1.82, 2.24) is 0 Å². The van der Waals surface area contributed by atoms with E-state index >= 15 is 0 Å². The predicted molar refractivity (Wildman–Crippen MR) is 76.6 cm³/mol. The molecule has 1 heterocycles. The van der Waals surface area contributed by atoms with Crippen LogP contribution in [0.4, 0.5) is 18.9 Å². The second-order valence-electron chi connectivity index (χ2n) is 4.78. The first-order valence-electron chi connectivity index (χ1n) is 6.35. The van der Waals surface area contributed by atoms with Crippen molar-refractivity contribution in [3.63, 3.8) is 0 Å². The van der Waals surface area contributed by atoms with Gasteiger partial charge >= 0.3 is 6.29 Å². The van der Waals surface area contributed by atoms with Crippen LogP contribution in [-0.2, 0) is 0 Å². The van der Waals surface area contributed by atoms with E-state index in [2.05, 4.69) is 9.47 Å². The van der Waals surface area contributed by atoms with Gasteiger partial charge in [-0.2, -0.15) is 5.26 Å². The number of nitriles is 1. The predicted octanol–water partition coefficient (Wildman–Crippen LogP) is 3.49. The van der Waals surface area contributed by atoms with Crippen LogP contribution in [0.2, 0.25) is 5.02 Å². The van der Waals surface area contributed by atoms with Gasteiger partial charge in [-0.1, -0.05) is 11.6 Å². The van der Waals surface area contributed by atoms with Gasteiger partial charge in [0, 0.05) is 17.3 Å². The minimum Gasteiger partial charge on any atom is -0.398 e. The molecular weight excluding hydrogens is 349 g/mol. The van der Waals surface area contributed by atoms with Gasteiger partial charge in [-0.15, -0.1) is 8.78 Å². The van der Waals surface area contributed by atoms with Crippen LogP contribution in [-0.4, -0.2) is 12.1 Å². The fraction of sp³-hybridized carbons (Fsp3) is 0.0667. The Bertz CT molecular complexity index is 925. The molecule has 24 heavy (non-hydrogen) atoms. The van der Waals surface area contributed by atoms with Gasteiger partial charge in [0.15, 0.2) is 17.3 Å². The molecule has 0 amide bonds. The van der Waals surface area contributed by atoms with E-state index in [4.69, 9.17) is 17.3 Å². The summed E-state index contributed by atoms with van der Waals surface area (Å²) in [7, 11) is 0. The monoisotopic (exact) mass is 354 g/mol. The third-order valence-electron chi connectivity index (χ3n) is 3.24. The summed E-state index contributed by atoms with van der Waals surface area (Å²) in [6, 6.07) is 5.54. The molecule has 122 valence electrons. The van der Waals surface area contributed by atoms with Crippen LogP contribution in [0.15, 0.2) is 24.3 Å². The van der Waals surface area contributed by atoms with Gasteiger partial charge in [0.2, 0.25) is 0 Å². The SMILES string of the molecule is N#Cc1c2c(cc(N)c1C(=O)c1cc(F)ccc1Cl)OC(F)(F)O2. The third kappa shape index (κ3) is 2.49. The lowest BCUT2D eigenvalue weighted by atomic mass is 9.96. The second-order valence-corrected chi connectivity index (χ2v) is 5.18. The molecule has 2 aromatic carbocycles. The highest BCUT2D eigenvalue weighted by molar-refractivity contribution is 6.35. The van der Waals surface area contributed by atoms with Crippen molar-refractivity contribution in [1.29, 1.82) is 5.26 Å². The van der Waals surface area contributed by atoms with Crippen molar-refractivity contribution in [2.24, 2.45) is 0 Å². The molecule has 0 saturated carbocycles. The van der Waals surface area contributed by atoms with Crippen LogP contribution in [0.1, 0.15) is 21.5 Å². The molecule has 2 N–H and O–H groups in total. The molecule has 9 heteroatoms. The molecule has 5 nitrogen and oxygen atoms in total. The Morgan fingerprint density at radius 3 is 2.67 bits per heavy atom. The van der Waals surface area contributed by atoms with E-state index in [-0.39, 0.29) is 16.3 Å². The van der Waals surface area contributed by atoms with Gasteiger partial charge in [-0.3, -0.25) is 4.79 Å². The number of hydrogen-bond donors (Lipinski definition) is 1. The number of carbonyl (C=O) groups is 1. The van der Waals surface area contributed by atoms with E-state index in [0.717, 1.165) is 24.3 Å². The summed E-state index contributed by atoms with van der Waals surface area (Å²) >= 11 is 5.86. The number of benzene rings is 2. The van der Waals surface area contributed by atoms with E-state index in [1.54, 1.807) is 6.07 Å². The fourth-order valence-electron chi connectivity index (χ4n) is 2.26. The molecule has 0 atom stereocenters. The van der Waals surface area contributed by atoms with Gasteiger partial charge in [0.05, 0.1) is 10.6 Å². The highest BCUT2D eigenvalue weighted by atomic mass is 35.5. The maximum Gasteiger partial charge on any atom is 0.586 e. The first-order chi connectivity index (χ1) is 11.2. The molecule has 1 aliphatic heterocycles. The number of fused-ring (bicyclic) bond motifs is 1. The molecule has 3 rings (SSSR count). The lowest BCUT2D eigenvalue weighted by molar-refractivity contribution is -0.286. The molecule has 1 aliphatic rings. The molecular formula is C15H6ClF3N2O3. The molecule has 0 fully saturated rings. The van der Waals surface area contributed by atoms with Crippen LogP contribution in [0.25, 0.3) is 0 Å². The maximum absolute atomic E-state index is 13.4. The number of rotatable bonds is 2. The summed E-state index contributed by atoms with van der Waals surface area (Å²) in [5.74, 6) is -2.74. The number of nitrogens with two attached hydrogens (primary N) is 1. The maximum atomic E-state index is 13.4. The number of ether oxygens (including phenoxy) is 2. The van der Waals surface area contributed by atoms with Gasteiger partial charge in [-0.05, 0) is 18.2 Å². The van der Waals surface area contributed by atoms with Crippen molar-refractivity contribution >= 4 is 23.1 Å². The molecule has 0 saturated heterocycles. The van der Waals surface area contributed by atoms with E-state index in [0.29, 0.717) is 0 Å². The highest BCUT2D eigenvalue weighted by Gasteiger charge is 2.46. The molecule has 0 bridgehead atoms. The van der Waals surface area contributed by atoms with Crippen molar-refractivity contribution in [2.45, 2.75) is 6.29 Å². The van der Waals surface area contributed by atoms with Crippen molar-refractivity contribution in [2.75, 3.05) is 5.73 Å². The average molecular weight is 355 g/mol. The number of nitrogen functional groups attached to an aromatic ring is 1. The summed E-state index contributed by atoms with van der Waals surface area (Å²) in [6.45, 7) is 0. The van der Waals surface area contributed by atoms with Gasteiger partial charge in [0.1, 0.15) is 17.4 Å². The summed E-state index contributed by atoms with van der Waals surface area (Å²) in [4.78, 5) is 12.6. The van der Waals surface area contributed by atoms with Crippen LogP contribution in [0.3, 0.4) is 0 Å². The molecule has 2 aromatic rings. The molecule has 0 spiro atoms. The summed E-state index contributed by atoms with van der Waals surface area (Å²) in [5, 5.41) is 9.16. The minimum atomic E-state index is -3.99. The fourth-order valence-corrected chi connectivity index (χ4v) is 2.47. The number of nitrogens with zero attached hydrogens (tertiary/aromatic N) is 1. The molecule has 0 aliphatic carbocycles. The standard InChI is InChI=1S/C15H6ClF3N2O3/c16-9-2-1-6(17)3-7(9)13(22)12-8(5-20)14-11(4-10(12)21)23-15(18,19)24-14/h1-4H,21H2. The van der Waals surface area contributed by atoms with Crippen molar-refractivity contribution < 1.29 is 27.4 Å². The topological polar surface area (TPSA) is 85.3 Å². The number of hydrogen-bond acceptors (Lipinski definition) is 5. The normalized spacial score (nSPS) is 14.3. The molecule has 0 radical (unpaired) electrons. The first kappa shape index (κ1) is 16.0.